The van der Waals surface area contributed by atoms with Gasteiger partial charge in [0.25, 0.3) is 0 Å². The van der Waals surface area contributed by atoms with E-state index in [1.165, 1.54) is 7.11 Å². The van der Waals surface area contributed by atoms with Gasteiger partial charge < -0.3 is 25.4 Å². The van der Waals surface area contributed by atoms with Crippen LogP contribution in [0.1, 0.15) is 37.4 Å². The van der Waals surface area contributed by atoms with Crippen molar-refractivity contribution in [2.45, 2.75) is 33.2 Å². The van der Waals surface area contributed by atoms with Crippen molar-refractivity contribution in [2.75, 3.05) is 37.5 Å². The zero-order valence-corrected chi connectivity index (χ0v) is 21.6. The number of methoxy groups -OCH3 is 1. The summed E-state index contributed by atoms with van der Waals surface area (Å²) in [5.41, 5.74) is 3.60. The third kappa shape index (κ3) is 6.56. The van der Waals surface area contributed by atoms with Crippen molar-refractivity contribution in [2.24, 2.45) is 0 Å². The molecule has 0 radical (unpaired) electrons. The highest BCUT2D eigenvalue weighted by molar-refractivity contribution is 6.31. The molecule has 0 bridgehead atoms. The zero-order chi connectivity index (χ0) is 26.2. The Bertz CT molecular complexity index is 1150. The lowest BCUT2D eigenvalue weighted by Crippen LogP contribution is -2.48. The molecule has 2 aromatic carbocycles. The molecule has 192 valence electrons. The van der Waals surface area contributed by atoms with Crippen LogP contribution in [0.2, 0.25) is 5.02 Å². The van der Waals surface area contributed by atoms with Crippen LogP contribution in [0.3, 0.4) is 0 Å². The fourth-order valence-electron chi connectivity index (χ4n) is 3.81. The van der Waals surface area contributed by atoms with Crippen LogP contribution in [0.4, 0.5) is 21.0 Å². The highest BCUT2D eigenvalue weighted by Gasteiger charge is 2.36. The smallest absolute Gasteiger partial charge is 0.338 e. The number of amides is 4. The van der Waals surface area contributed by atoms with Gasteiger partial charge in [-0.25, -0.2) is 14.4 Å². The summed E-state index contributed by atoms with van der Waals surface area (Å²) in [6, 6.07) is 10.7. The van der Waals surface area contributed by atoms with Crippen LogP contribution < -0.4 is 16.0 Å². The molecule has 1 unspecified atom stereocenters. The molecule has 1 aliphatic heterocycles. The van der Waals surface area contributed by atoms with E-state index in [1.54, 1.807) is 48.2 Å². The quantitative estimate of drug-likeness (QED) is 0.313. The number of esters is 1. The summed E-state index contributed by atoms with van der Waals surface area (Å²) >= 11 is 6.12. The number of halogens is 1. The SMILES string of the molecule is CCCN1C(=O)NC(c2ccc(NC(=O)Nc3ccc(C)c(Cl)c3)cc2)C(C(=O)OCCOC)=C1C. The molecule has 1 atom stereocenters. The van der Waals surface area contributed by atoms with Crippen molar-refractivity contribution in [3.8, 4) is 0 Å². The number of allylic oxidation sites excluding steroid dienone is 1. The van der Waals surface area contributed by atoms with Crippen LogP contribution >= 0.6 is 11.6 Å². The Morgan fingerprint density at radius 1 is 1.06 bits per heavy atom. The first-order chi connectivity index (χ1) is 17.2. The van der Waals surface area contributed by atoms with E-state index in [2.05, 4.69) is 16.0 Å². The average molecular weight is 515 g/mol. The summed E-state index contributed by atoms with van der Waals surface area (Å²) in [5.74, 6) is -0.519. The number of urea groups is 2. The average Bonchev–Trinajstić information content (AvgIpc) is 2.84. The lowest BCUT2D eigenvalue weighted by atomic mass is 9.94. The second-order valence-corrected chi connectivity index (χ2v) is 8.73. The molecule has 0 saturated heterocycles. The molecule has 3 rings (SSSR count). The standard InChI is InChI=1S/C26H31ClN4O5/c1-5-12-31-17(3)22(24(32)36-14-13-35-4)23(30-26(31)34)18-7-10-19(11-8-18)28-25(33)29-20-9-6-16(2)21(27)15-20/h6-11,15,23H,5,12-14H2,1-4H3,(H,30,34)(H2,28,29,33). The Morgan fingerprint density at radius 2 is 1.72 bits per heavy atom. The number of hydrogen-bond donors (Lipinski definition) is 3. The largest absolute Gasteiger partial charge is 0.460 e. The van der Waals surface area contributed by atoms with Crippen molar-refractivity contribution >= 4 is 41.0 Å². The van der Waals surface area contributed by atoms with Gasteiger partial charge in [0, 0.05) is 35.7 Å². The van der Waals surface area contributed by atoms with Gasteiger partial charge in [0.15, 0.2) is 0 Å². The Balaban J connectivity index is 1.78. The van der Waals surface area contributed by atoms with E-state index >= 15 is 0 Å². The number of carbonyl (C=O) groups excluding carboxylic acids is 3. The second-order valence-electron chi connectivity index (χ2n) is 8.33. The topological polar surface area (TPSA) is 109 Å². The van der Waals surface area contributed by atoms with Gasteiger partial charge in [-0.3, -0.25) is 4.90 Å². The van der Waals surface area contributed by atoms with E-state index in [-0.39, 0.29) is 19.2 Å². The van der Waals surface area contributed by atoms with Gasteiger partial charge in [-0.05, 0) is 55.7 Å². The number of nitrogens with one attached hydrogen (secondary N) is 3. The van der Waals surface area contributed by atoms with E-state index in [9.17, 15) is 14.4 Å². The maximum atomic E-state index is 13.0. The molecular weight excluding hydrogens is 484 g/mol. The van der Waals surface area contributed by atoms with E-state index < -0.39 is 18.0 Å². The van der Waals surface area contributed by atoms with Crippen molar-refractivity contribution in [3.63, 3.8) is 0 Å². The Labute approximate surface area is 215 Å². The van der Waals surface area contributed by atoms with Gasteiger partial charge in [0.1, 0.15) is 6.61 Å². The van der Waals surface area contributed by atoms with Crippen LogP contribution in [-0.2, 0) is 14.3 Å². The minimum atomic E-state index is -0.696. The van der Waals surface area contributed by atoms with Gasteiger partial charge in [-0.2, -0.15) is 0 Å². The summed E-state index contributed by atoms with van der Waals surface area (Å²) in [6.45, 7) is 6.43. The first-order valence-electron chi connectivity index (χ1n) is 11.6. The summed E-state index contributed by atoms with van der Waals surface area (Å²) in [4.78, 5) is 39.7. The Kier molecular flexibility index (Phi) is 9.32. The maximum Gasteiger partial charge on any atom is 0.338 e. The predicted molar refractivity (Wildman–Crippen MR) is 139 cm³/mol. The highest BCUT2D eigenvalue weighted by Crippen LogP contribution is 2.32. The first-order valence-corrected chi connectivity index (χ1v) is 12.0. The third-order valence-corrected chi connectivity index (χ3v) is 6.12. The van der Waals surface area contributed by atoms with Crippen molar-refractivity contribution < 1.29 is 23.9 Å². The molecule has 3 N–H and O–H groups in total. The van der Waals surface area contributed by atoms with Crippen molar-refractivity contribution in [1.29, 1.82) is 0 Å². The van der Waals surface area contributed by atoms with Gasteiger partial charge in [0.05, 0.1) is 18.2 Å². The molecule has 9 nitrogen and oxygen atoms in total. The van der Waals surface area contributed by atoms with Crippen LogP contribution in [0.5, 0.6) is 0 Å². The maximum absolute atomic E-state index is 13.0. The van der Waals surface area contributed by atoms with Crippen LogP contribution in [0, 0.1) is 6.92 Å². The number of aryl methyl sites for hydroxylation is 1. The molecule has 4 amide bonds. The Hall–Kier alpha value is -3.56. The molecule has 1 aliphatic rings. The van der Waals surface area contributed by atoms with Crippen LogP contribution in [0.25, 0.3) is 0 Å². The lowest BCUT2D eigenvalue weighted by molar-refractivity contribution is -0.140. The summed E-state index contributed by atoms with van der Waals surface area (Å²) in [6.07, 6.45) is 0.735. The summed E-state index contributed by atoms with van der Waals surface area (Å²) in [7, 11) is 1.52. The molecule has 1 heterocycles. The van der Waals surface area contributed by atoms with E-state index in [4.69, 9.17) is 21.1 Å². The number of hydrogen-bond acceptors (Lipinski definition) is 5. The molecule has 0 spiro atoms. The fourth-order valence-corrected chi connectivity index (χ4v) is 3.99. The van der Waals surface area contributed by atoms with Crippen LogP contribution in [-0.4, -0.2) is 49.8 Å². The monoisotopic (exact) mass is 514 g/mol. The number of ether oxygens (including phenoxy) is 2. The molecule has 0 fully saturated rings. The highest BCUT2D eigenvalue weighted by atomic mass is 35.5. The third-order valence-electron chi connectivity index (χ3n) is 5.72. The van der Waals surface area contributed by atoms with E-state index in [1.807, 2.05) is 19.9 Å². The van der Waals surface area contributed by atoms with Gasteiger partial charge >= 0.3 is 18.0 Å². The molecule has 2 aromatic rings. The zero-order valence-electron chi connectivity index (χ0n) is 20.8. The van der Waals surface area contributed by atoms with E-state index in [0.29, 0.717) is 39.8 Å². The fraction of sp³-hybridized carbons (Fsp3) is 0.346. The minimum Gasteiger partial charge on any atom is -0.460 e. The number of nitrogens with zero attached hydrogens (tertiary/aromatic N) is 1. The molecular formula is C26H31ClN4O5. The van der Waals surface area contributed by atoms with Gasteiger partial charge in [-0.1, -0.05) is 36.7 Å². The van der Waals surface area contributed by atoms with Gasteiger partial charge in [0.2, 0.25) is 0 Å². The number of benzene rings is 2. The number of rotatable bonds is 9. The predicted octanol–water partition coefficient (Wildman–Crippen LogP) is 5.23. The van der Waals surface area contributed by atoms with Crippen molar-refractivity contribution in [1.82, 2.24) is 10.2 Å². The normalized spacial score (nSPS) is 15.4. The number of carbonyl (C=O) groups is 3. The lowest BCUT2D eigenvalue weighted by Gasteiger charge is -2.35. The molecule has 10 heteroatoms. The molecule has 0 aromatic heterocycles. The molecule has 0 saturated carbocycles. The molecule has 0 aliphatic carbocycles. The van der Waals surface area contributed by atoms with Gasteiger partial charge in [-0.15, -0.1) is 0 Å². The van der Waals surface area contributed by atoms with E-state index in [0.717, 1.165) is 12.0 Å². The summed E-state index contributed by atoms with van der Waals surface area (Å²) < 4.78 is 10.3. The summed E-state index contributed by atoms with van der Waals surface area (Å²) in [5, 5.41) is 8.96. The van der Waals surface area contributed by atoms with Crippen molar-refractivity contribution in [3.05, 3.63) is 69.9 Å². The molecule has 36 heavy (non-hydrogen) atoms. The van der Waals surface area contributed by atoms with Crippen LogP contribution in [0.15, 0.2) is 53.7 Å². The Morgan fingerprint density at radius 3 is 2.36 bits per heavy atom. The first kappa shape index (κ1) is 27.0. The second kappa shape index (κ2) is 12.4. The number of anilines is 2. The minimum absolute atomic E-state index is 0.102.